The smallest absolute Gasteiger partial charge is 0.258 e. The van der Waals surface area contributed by atoms with Crippen molar-refractivity contribution in [2.75, 3.05) is 11.4 Å². The number of phenolic OH excluding ortho intramolecular Hbond substituents is 1. The lowest BCUT2D eigenvalue weighted by molar-refractivity contribution is -0.140. The summed E-state index contributed by atoms with van der Waals surface area (Å²) in [5.41, 5.74) is 1.34. The van der Waals surface area contributed by atoms with Crippen LogP contribution in [0.3, 0.4) is 0 Å². The predicted molar refractivity (Wildman–Crippen MR) is 142 cm³/mol. The molecule has 6 atom stereocenters. The number of likely N-dealkylation sites (tertiary alicyclic amines) is 1. The molecule has 4 amide bonds. The summed E-state index contributed by atoms with van der Waals surface area (Å²) in [6, 6.07) is 11.0. The van der Waals surface area contributed by atoms with E-state index in [2.05, 4.69) is 0 Å². The largest absolute Gasteiger partial charge is 0.508 e. The second-order valence-corrected chi connectivity index (χ2v) is 11.9. The SMILES string of the molecule is CCCN1C(=O)[C@H]2[C@H](CC=C3[C@H]2C[C@@]2(Cl)C(=O)N(c4ccc(F)cc4)C(=O)[C@@]2(Cl)[C@H]3c2ccc(O)cc2)C1=O. The van der Waals surface area contributed by atoms with Crippen molar-refractivity contribution in [3.8, 4) is 5.75 Å². The lowest BCUT2D eigenvalue weighted by Crippen LogP contribution is -2.60. The molecule has 1 saturated carbocycles. The van der Waals surface area contributed by atoms with E-state index in [1.165, 1.54) is 29.2 Å². The Kier molecular flexibility index (Phi) is 5.93. The monoisotopic (exact) mass is 570 g/mol. The molecule has 2 aromatic rings. The quantitative estimate of drug-likeness (QED) is 0.331. The molecule has 10 heteroatoms. The second-order valence-electron chi connectivity index (χ2n) is 10.7. The van der Waals surface area contributed by atoms with E-state index >= 15 is 0 Å². The van der Waals surface area contributed by atoms with Crippen molar-refractivity contribution < 1.29 is 28.7 Å². The molecule has 0 bridgehead atoms. The van der Waals surface area contributed by atoms with E-state index < -0.39 is 51.1 Å². The molecule has 2 aromatic carbocycles. The predicted octanol–water partition coefficient (Wildman–Crippen LogP) is 4.50. The minimum atomic E-state index is -1.99. The molecule has 2 saturated heterocycles. The minimum Gasteiger partial charge on any atom is -0.508 e. The van der Waals surface area contributed by atoms with Crippen LogP contribution in [0.4, 0.5) is 10.1 Å². The lowest BCUT2D eigenvalue weighted by Gasteiger charge is -2.50. The van der Waals surface area contributed by atoms with E-state index in [-0.39, 0.29) is 29.7 Å². The van der Waals surface area contributed by atoms with Gasteiger partial charge in [0.1, 0.15) is 11.6 Å². The third-order valence-corrected chi connectivity index (χ3v) is 10.1. The molecule has 2 heterocycles. The standard InChI is InChI=1S/C29H25Cl2FN2O5/c1-2-13-33-24(36)20-12-11-19-21(22(20)25(33)37)14-28(30)26(38)34(17-7-5-16(32)6-8-17)27(39)29(28,31)23(19)15-3-9-18(35)10-4-15/h3-11,20-23,35H,2,12-14H2,1H3/t20-,21+,22-,23-,28+,29-/m0/s1. The zero-order chi connectivity index (χ0) is 27.9. The van der Waals surface area contributed by atoms with Gasteiger partial charge in [-0.15, -0.1) is 23.2 Å². The maximum atomic E-state index is 14.2. The molecule has 3 fully saturated rings. The highest BCUT2D eigenvalue weighted by Crippen LogP contribution is 2.65. The van der Waals surface area contributed by atoms with Gasteiger partial charge in [-0.05, 0) is 67.1 Å². The summed E-state index contributed by atoms with van der Waals surface area (Å²) in [6.45, 7) is 2.19. The van der Waals surface area contributed by atoms with Crippen LogP contribution in [0.15, 0.2) is 60.2 Å². The van der Waals surface area contributed by atoms with Crippen LogP contribution in [-0.4, -0.2) is 49.9 Å². The zero-order valence-electron chi connectivity index (χ0n) is 20.9. The first-order valence-corrected chi connectivity index (χ1v) is 13.7. The van der Waals surface area contributed by atoms with Crippen LogP contribution in [0, 0.1) is 23.6 Å². The topological polar surface area (TPSA) is 95.0 Å². The number of benzene rings is 2. The first-order valence-electron chi connectivity index (χ1n) is 12.9. The van der Waals surface area contributed by atoms with Crippen molar-refractivity contribution >= 4 is 52.5 Å². The van der Waals surface area contributed by atoms with Gasteiger partial charge in [-0.1, -0.05) is 30.7 Å². The summed E-state index contributed by atoms with van der Waals surface area (Å²) >= 11 is 14.5. The van der Waals surface area contributed by atoms with Crippen molar-refractivity contribution in [2.24, 2.45) is 17.8 Å². The Bertz CT molecular complexity index is 1440. The van der Waals surface area contributed by atoms with E-state index in [0.717, 1.165) is 17.0 Å². The molecule has 1 N–H and O–H groups in total. The number of halogens is 3. The number of carbonyl (C=O) groups is 4. The summed E-state index contributed by atoms with van der Waals surface area (Å²) < 4.78 is 13.7. The zero-order valence-corrected chi connectivity index (χ0v) is 22.5. The van der Waals surface area contributed by atoms with Gasteiger partial charge in [0.05, 0.1) is 17.5 Å². The van der Waals surface area contributed by atoms with Crippen molar-refractivity contribution in [3.05, 3.63) is 71.6 Å². The van der Waals surface area contributed by atoms with Crippen LogP contribution in [-0.2, 0) is 19.2 Å². The maximum absolute atomic E-state index is 14.2. The highest BCUT2D eigenvalue weighted by atomic mass is 35.5. The van der Waals surface area contributed by atoms with E-state index in [1.54, 1.807) is 12.1 Å². The number of allylic oxidation sites excluding steroid dienone is 2. The van der Waals surface area contributed by atoms with E-state index in [4.69, 9.17) is 23.2 Å². The van der Waals surface area contributed by atoms with Gasteiger partial charge < -0.3 is 5.11 Å². The van der Waals surface area contributed by atoms with E-state index in [9.17, 15) is 28.7 Å². The molecule has 4 aliphatic rings. The van der Waals surface area contributed by atoms with Crippen molar-refractivity contribution in [3.63, 3.8) is 0 Å². The summed E-state index contributed by atoms with van der Waals surface area (Å²) in [7, 11) is 0. The number of fused-ring (bicyclic) bond motifs is 4. The Morgan fingerprint density at radius 1 is 0.949 bits per heavy atom. The summed E-state index contributed by atoms with van der Waals surface area (Å²) in [6.07, 6.45) is 2.65. The fraction of sp³-hybridized carbons (Fsp3) is 0.379. The highest BCUT2D eigenvalue weighted by molar-refractivity contribution is 6.58. The van der Waals surface area contributed by atoms with E-state index in [0.29, 0.717) is 30.5 Å². The molecule has 0 aromatic heterocycles. The van der Waals surface area contributed by atoms with Crippen LogP contribution in [0.1, 0.15) is 37.7 Å². The minimum absolute atomic E-state index is 0.00176. The lowest BCUT2D eigenvalue weighted by atomic mass is 9.56. The number of hydrogen-bond donors (Lipinski definition) is 1. The molecular formula is C29H25Cl2FN2O5. The second kappa shape index (κ2) is 8.89. The van der Waals surface area contributed by atoms with Crippen LogP contribution in [0.25, 0.3) is 0 Å². The van der Waals surface area contributed by atoms with Gasteiger partial charge in [-0.25, -0.2) is 9.29 Å². The average molecular weight is 571 g/mol. The first-order chi connectivity index (χ1) is 18.5. The third kappa shape index (κ3) is 3.40. The number of nitrogens with zero attached hydrogens (tertiary/aromatic N) is 2. The number of aromatic hydroxyl groups is 1. The number of amides is 4. The molecule has 6 rings (SSSR count). The van der Waals surface area contributed by atoms with E-state index in [1.807, 2.05) is 13.0 Å². The number of imide groups is 2. The number of hydrogen-bond acceptors (Lipinski definition) is 5. The van der Waals surface area contributed by atoms with Crippen LogP contribution >= 0.6 is 23.2 Å². The van der Waals surface area contributed by atoms with Gasteiger partial charge in [-0.3, -0.25) is 24.1 Å². The molecule has 0 radical (unpaired) electrons. The Morgan fingerprint density at radius 2 is 1.62 bits per heavy atom. The number of alkyl halides is 2. The van der Waals surface area contributed by atoms with Gasteiger partial charge in [0, 0.05) is 12.5 Å². The first kappa shape index (κ1) is 26.0. The Balaban J connectivity index is 1.54. The normalized spacial score (nSPS) is 33.7. The van der Waals surface area contributed by atoms with Crippen molar-refractivity contribution in [1.29, 1.82) is 0 Å². The molecule has 0 spiro atoms. The summed E-state index contributed by atoms with van der Waals surface area (Å²) in [5, 5.41) is 9.94. The number of rotatable bonds is 4. The van der Waals surface area contributed by atoms with Gasteiger partial charge in [0.2, 0.25) is 11.8 Å². The molecule has 0 unspecified atom stereocenters. The Hall–Kier alpha value is -3.23. The number of anilines is 1. The summed E-state index contributed by atoms with van der Waals surface area (Å²) in [5.74, 6) is -5.46. The van der Waals surface area contributed by atoms with Crippen LogP contribution < -0.4 is 4.90 Å². The average Bonchev–Trinajstić information content (AvgIpc) is 3.24. The molecule has 2 aliphatic heterocycles. The fourth-order valence-electron chi connectivity index (χ4n) is 6.95. The Morgan fingerprint density at radius 3 is 2.26 bits per heavy atom. The highest BCUT2D eigenvalue weighted by Gasteiger charge is 2.76. The number of phenols is 1. The number of carbonyl (C=O) groups excluding carboxylic acids is 4. The van der Waals surface area contributed by atoms with Crippen molar-refractivity contribution in [2.45, 2.75) is 41.9 Å². The molecule has 202 valence electrons. The fourth-order valence-corrected chi connectivity index (χ4v) is 7.88. The van der Waals surface area contributed by atoms with Crippen molar-refractivity contribution in [1.82, 2.24) is 4.90 Å². The van der Waals surface area contributed by atoms with Crippen LogP contribution in [0.2, 0.25) is 0 Å². The maximum Gasteiger partial charge on any atom is 0.258 e. The molecule has 7 nitrogen and oxygen atoms in total. The van der Waals surface area contributed by atoms with Gasteiger partial charge in [0.25, 0.3) is 11.8 Å². The van der Waals surface area contributed by atoms with Gasteiger partial charge in [0.15, 0.2) is 9.75 Å². The summed E-state index contributed by atoms with van der Waals surface area (Å²) in [4.78, 5) is 53.2. The third-order valence-electron chi connectivity index (χ3n) is 8.66. The Labute approximate surface area is 234 Å². The molecular weight excluding hydrogens is 546 g/mol. The van der Waals surface area contributed by atoms with Gasteiger partial charge >= 0.3 is 0 Å². The molecule has 39 heavy (non-hydrogen) atoms. The van der Waals surface area contributed by atoms with Gasteiger partial charge in [-0.2, -0.15) is 0 Å². The van der Waals surface area contributed by atoms with Crippen LogP contribution in [0.5, 0.6) is 5.75 Å². The molecule has 2 aliphatic carbocycles.